The van der Waals surface area contributed by atoms with Gasteiger partial charge in [0.25, 0.3) is 0 Å². The molecule has 1 aromatic carbocycles. The largest absolute Gasteiger partial charge is 0.457 e. The molecule has 7 nitrogen and oxygen atoms in total. The number of hydrogen-bond donors (Lipinski definition) is 3. The summed E-state index contributed by atoms with van der Waals surface area (Å²) in [6, 6.07) is 8.30. The highest BCUT2D eigenvalue weighted by atomic mass is 35.5. The summed E-state index contributed by atoms with van der Waals surface area (Å²) in [5.41, 5.74) is 6.29. The first-order valence-corrected chi connectivity index (χ1v) is 8.53. The van der Waals surface area contributed by atoms with Crippen LogP contribution in [0.4, 0.5) is 4.39 Å². The fourth-order valence-electron chi connectivity index (χ4n) is 2.09. The third-order valence-electron chi connectivity index (χ3n) is 3.75. The highest BCUT2D eigenvalue weighted by molar-refractivity contribution is 5.87. The van der Waals surface area contributed by atoms with Gasteiger partial charge in [0.15, 0.2) is 0 Å². The Balaban J connectivity index is 0.00000392. The molecule has 1 heterocycles. The van der Waals surface area contributed by atoms with E-state index in [1.807, 2.05) is 13.8 Å². The Morgan fingerprint density at radius 1 is 1.10 bits per heavy atom. The number of amides is 2. The Hall–Kier alpha value is -2.42. The van der Waals surface area contributed by atoms with Crippen molar-refractivity contribution in [2.45, 2.75) is 26.4 Å². The Kier molecular flexibility index (Phi) is 11.8. The molecule has 160 valence electrons. The van der Waals surface area contributed by atoms with Crippen LogP contribution in [0.1, 0.15) is 19.5 Å². The second kappa shape index (κ2) is 12.9. The molecule has 0 bridgehead atoms. The Labute approximate surface area is 181 Å². The number of nitrogens with zero attached hydrogens (tertiary/aromatic N) is 1. The summed E-state index contributed by atoms with van der Waals surface area (Å²) in [6.07, 6.45) is 1.55. The third kappa shape index (κ3) is 9.08. The first-order valence-electron chi connectivity index (χ1n) is 8.53. The van der Waals surface area contributed by atoms with E-state index in [2.05, 4.69) is 15.6 Å². The average Bonchev–Trinajstić information content (AvgIpc) is 2.66. The van der Waals surface area contributed by atoms with Gasteiger partial charge in [-0.1, -0.05) is 13.8 Å². The summed E-state index contributed by atoms with van der Waals surface area (Å²) < 4.78 is 18.5. The summed E-state index contributed by atoms with van der Waals surface area (Å²) in [5, 5.41) is 5.16. The van der Waals surface area contributed by atoms with Crippen molar-refractivity contribution in [1.29, 1.82) is 0 Å². The van der Waals surface area contributed by atoms with Crippen molar-refractivity contribution in [1.82, 2.24) is 15.6 Å². The first-order chi connectivity index (χ1) is 12.8. The van der Waals surface area contributed by atoms with Crippen molar-refractivity contribution < 1.29 is 18.7 Å². The number of halogens is 3. The molecule has 10 heteroatoms. The van der Waals surface area contributed by atoms with Crippen molar-refractivity contribution in [2.24, 2.45) is 11.7 Å². The van der Waals surface area contributed by atoms with Crippen molar-refractivity contribution in [3.8, 4) is 11.5 Å². The zero-order valence-corrected chi connectivity index (χ0v) is 17.7. The maximum absolute atomic E-state index is 12.9. The molecule has 0 aliphatic heterocycles. The number of pyridine rings is 1. The highest BCUT2D eigenvalue weighted by Gasteiger charge is 2.17. The van der Waals surface area contributed by atoms with Gasteiger partial charge in [0.2, 0.25) is 11.8 Å². The molecule has 0 spiro atoms. The standard InChI is InChI=1S/C19H23FN4O3.2ClH/c1-12(2)18(21)19(26)24-11-17(25)23-10-14-9-16(7-8-22-14)27-15-5-3-13(20)4-6-15;;/h3-9,12,18H,10-11,21H2,1-2H3,(H,23,25)(H,24,26);2*1H/t18-;;/m0../s1. The molecule has 2 aromatic rings. The van der Waals surface area contributed by atoms with Gasteiger partial charge in [0.1, 0.15) is 17.3 Å². The van der Waals surface area contributed by atoms with Gasteiger partial charge in [0.05, 0.1) is 24.8 Å². The summed E-state index contributed by atoms with van der Waals surface area (Å²) in [6.45, 7) is 3.67. The number of nitrogens with two attached hydrogens (primary N) is 1. The number of carbonyl (C=O) groups is 2. The number of nitrogens with one attached hydrogen (secondary N) is 2. The molecule has 1 aromatic heterocycles. The maximum atomic E-state index is 12.9. The molecule has 0 saturated heterocycles. The van der Waals surface area contributed by atoms with Crippen molar-refractivity contribution in [3.05, 3.63) is 54.1 Å². The first kappa shape index (κ1) is 26.6. The summed E-state index contributed by atoms with van der Waals surface area (Å²) in [7, 11) is 0. The molecule has 0 fully saturated rings. The maximum Gasteiger partial charge on any atom is 0.239 e. The number of rotatable bonds is 8. The predicted molar refractivity (Wildman–Crippen MR) is 113 cm³/mol. The molecule has 0 aliphatic rings. The van der Waals surface area contributed by atoms with E-state index in [1.54, 1.807) is 18.3 Å². The van der Waals surface area contributed by atoms with Gasteiger partial charge in [-0.15, -0.1) is 24.8 Å². The molecule has 2 rings (SSSR count). The quantitative estimate of drug-likeness (QED) is 0.577. The van der Waals surface area contributed by atoms with E-state index in [0.717, 1.165) is 0 Å². The number of benzene rings is 1. The topological polar surface area (TPSA) is 106 Å². The number of aromatic nitrogens is 1. The SMILES string of the molecule is CC(C)[C@H](N)C(=O)NCC(=O)NCc1cc(Oc2ccc(F)cc2)ccn1.Cl.Cl. The van der Waals surface area contributed by atoms with Gasteiger partial charge in [-0.05, 0) is 36.2 Å². The van der Waals surface area contributed by atoms with Crippen LogP contribution < -0.4 is 21.1 Å². The molecule has 4 N–H and O–H groups in total. The lowest BCUT2D eigenvalue weighted by atomic mass is 10.1. The third-order valence-corrected chi connectivity index (χ3v) is 3.75. The van der Waals surface area contributed by atoms with Crippen LogP contribution in [0.2, 0.25) is 0 Å². The molecule has 2 amide bonds. The van der Waals surface area contributed by atoms with Crippen molar-refractivity contribution >= 4 is 36.6 Å². The minimum atomic E-state index is -0.653. The lowest BCUT2D eigenvalue weighted by molar-refractivity contribution is -0.127. The summed E-state index contributed by atoms with van der Waals surface area (Å²) >= 11 is 0. The van der Waals surface area contributed by atoms with E-state index >= 15 is 0 Å². The van der Waals surface area contributed by atoms with Gasteiger partial charge >= 0.3 is 0 Å². The Bertz CT molecular complexity index is 791. The van der Waals surface area contributed by atoms with Crippen LogP contribution in [-0.2, 0) is 16.1 Å². The molecular weight excluding hydrogens is 422 g/mol. The molecule has 0 aliphatic carbocycles. The van der Waals surface area contributed by atoms with Crippen molar-refractivity contribution in [2.75, 3.05) is 6.54 Å². The van der Waals surface area contributed by atoms with Crippen LogP contribution in [0.15, 0.2) is 42.6 Å². The lowest BCUT2D eigenvalue weighted by Crippen LogP contribution is -2.47. The van der Waals surface area contributed by atoms with E-state index in [4.69, 9.17) is 10.5 Å². The second-order valence-electron chi connectivity index (χ2n) is 6.30. The number of carbonyl (C=O) groups excluding carboxylic acids is 2. The molecule has 0 unspecified atom stereocenters. The van der Waals surface area contributed by atoms with Crippen LogP contribution in [0, 0.1) is 11.7 Å². The fraction of sp³-hybridized carbons (Fsp3) is 0.316. The van der Waals surface area contributed by atoms with E-state index in [-0.39, 0.29) is 61.5 Å². The average molecular weight is 447 g/mol. The van der Waals surface area contributed by atoms with Gasteiger partial charge in [-0.2, -0.15) is 0 Å². The van der Waals surface area contributed by atoms with Crippen molar-refractivity contribution in [3.63, 3.8) is 0 Å². The fourth-order valence-corrected chi connectivity index (χ4v) is 2.09. The summed E-state index contributed by atoms with van der Waals surface area (Å²) in [4.78, 5) is 27.7. The van der Waals surface area contributed by atoms with Gasteiger partial charge in [-0.25, -0.2) is 4.39 Å². The van der Waals surface area contributed by atoms with Gasteiger partial charge in [0, 0.05) is 12.3 Å². The van der Waals surface area contributed by atoms with Gasteiger partial charge < -0.3 is 21.1 Å². The summed E-state index contributed by atoms with van der Waals surface area (Å²) in [5.74, 6) is -0.0826. The lowest BCUT2D eigenvalue weighted by Gasteiger charge is -2.15. The number of hydrogen-bond acceptors (Lipinski definition) is 5. The van der Waals surface area contributed by atoms with E-state index in [9.17, 15) is 14.0 Å². The van der Waals surface area contributed by atoms with Crippen LogP contribution in [0.5, 0.6) is 11.5 Å². The zero-order chi connectivity index (χ0) is 19.8. The minimum absolute atomic E-state index is 0. The Morgan fingerprint density at radius 2 is 1.76 bits per heavy atom. The molecule has 0 radical (unpaired) electrons. The van der Waals surface area contributed by atoms with Gasteiger partial charge in [-0.3, -0.25) is 14.6 Å². The Morgan fingerprint density at radius 3 is 2.38 bits per heavy atom. The minimum Gasteiger partial charge on any atom is -0.457 e. The second-order valence-corrected chi connectivity index (χ2v) is 6.30. The van der Waals surface area contributed by atoms with E-state index < -0.39 is 6.04 Å². The van der Waals surface area contributed by atoms with E-state index in [1.165, 1.54) is 24.3 Å². The molecular formula is C19H25Cl2FN4O3. The predicted octanol–water partition coefficient (Wildman–Crippen LogP) is 2.57. The van der Waals surface area contributed by atoms with Crippen LogP contribution in [0.3, 0.4) is 0 Å². The van der Waals surface area contributed by atoms with Crippen LogP contribution in [0.25, 0.3) is 0 Å². The zero-order valence-electron chi connectivity index (χ0n) is 16.1. The normalized spacial score (nSPS) is 10.9. The molecule has 29 heavy (non-hydrogen) atoms. The number of ether oxygens (including phenoxy) is 1. The molecule has 0 saturated carbocycles. The molecule has 1 atom stereocenters. The van der Waals surface area contributed by atoms with E-state index in [0.29, 0.717) is 17.2 Å². The smallest absolute Gasteiger partial charge is 0.239 e. The van der Waals surface area contributed by atoms with Crippen LogP contribution in [-0.4, -0.2) is 29.4 Å². The van der Waals surface area contributed by atoms with Crippen LogP contribution >= 0.6 is 24.8 Å². The monoisotopic (exact) mass is 446 g/mol. The highest BCUT2D eigenvalue weighted by Crippen LogP contribution is 2.21.